The zero-order chi connectivity index (χ0) is 5.91. The Labute approximate surface area is 91.3 Å². The standard InChI is InChI=1S/C2H7NO3S.K/c1-2-7(4,5)6-3;/h2-3H2,1H3;. The van der Waals surface area contributed by atoms with Gasteiger partial charge >= 0.3 is 0 Å². The molecule has 8 heavy (non-hydrogen) atoms. The van der Waals surface area contributed by atoms with E-state index in [2.05, 4.69) is 10.2 Å². The van der Waals surface area contributed by atoms with Crippen LogP contribution in [-0.2, 0) is 14.4 Å². The van der Waals surface area contributed by atoms with Crippen LogP contribution >= 0.6 is 0 Å². The van der Waals surface area contributed by atoms with Crippen LogP contribution in [0.1, 0.15) is 6.92 Å². The first-order chi connectivity index (χ1) is 3.12. The molecule has 0 rings (SSSR count). The molecule has 0 heterocycles. The van der Waals surface area contributed by atoms with Crippen LogP contribution in [0.4, 0.5) is 0 Å². The average molecular weight is 164 g/mol. The maximum Gasteiger partial charge on any atom is 0.282 e. The monoisotopic (exact) mass is 164 g/mol. The molecule has 0 saturated heterocycles. The van der Waals surface area contributed by atoms with E-state index in [1.54, 1.807) is 0 Å². The van der Waals surface area contributed by atoms with Gasteiger partial charge in [0.15, 0.2) is 0 Å². The van der Waals surface area contributed by atoms with Crippen LogP contribution in [0.15, 0.2) is 0 Å². The first kappa shape index (κ1) is 12.2. The Morgan fingerprint density at radius 1 is 1.62 bits per heavy atom. The van der Waals surface area contributed by atoms with Crippen LogP contribution in [0.5, 0.6) is 0 Å². The van der Waals surface area contributed by atoms with Gasteiger partial charge in [0.2, 0.25) is 0 Å². The molecule has 0 bridgehead atoms. The van der Waals surface area contributed by atoms with E-state index >= 15 is 0 Å². The fourth-order valence-corrected chi connectivity index (χ4v) is 0.204. The van der Waals surface area contributed by atoms with Crippen LogP contribution in [0.25, 0.3) is 0 Å². The van der Waals surface area contributed by atoms with Crippen molar-refractivity contribution < 1.29 is 12.7 Å². The quantitative estimate of drug-likeness (QED) is 0.413. The molecule has 0 fully saturated rings. The summed E-state index contributed by atoms with van der Waals surface area (Å²) in [7, 11) is -3.38. The van der Waals surface area contributed by atoms with Crippen LogP contribution in [0.2, 0.25) is 0 Å². The van der Waals surface area contributed by atoms with E-state index in [1.165, 1.54) is 6.92 Å². The summed E-state index contributed by atoms with van der Waals surface area (Å²) in [6.07, 6.45) is 0. The van der Waals surface area contributed by atoms with Crippen molar-refractivity contribution in [2.45, 2.75) is 6.92 Å². The normalized spacial score (nSPS) is 10.2. The summed E-state index contributed by atoms with van der Waals surface area (Å²) in [5, 5.41) is 0. The van der Waals surface area contributed by atoms with Crippen LogP contribution in [-0.4, -0.2) is 65.6 Å². The minimum atomic E-state index is -3.38. The van der Waals surface area contributed by atoms with Gasteiger partial charge < -0.3 is 0 Å². The summed E-state index contributed by atoms with van der Waals surface area (Å²) in [6.45, 7) is 1.45. The number of hydrogen-bond donors (Lipinski definition) is 1. The van der Waals surface area contributed by atoms with Crippen molar-refractivity contribution >= 4 is 61.5 Å². The van der Waals surface area contributed by atoms with Crippen LogP contribution in [0.3, 0.4) is 0 Å². The van der Waals surface area contributed by atoms with E-state index in [0.29, 0.717) is 0 Å². The number of rotatable bonds is 2. The number of nitrogens with two attached hydrogens (primary N) is 1. The topological polar surface area (TPSA) is 69.4 Å². The Hall–Kier alpha value is 1.51. The molecule has 2 N–H and O–H groups in total. The molecular weight excluding hydrogens is 157 g/mol. The van der Waals surface area contributed by atoms with E-state index < -0.39 is 10.1 Å². The second-order valence-corrected chi connectivity index (χ2v) is 2.83. The molecule has 0 aromatic heterocycles. The molecular formula is C2H7KNO3S. The SMILES string of the molecule is CCS(=O)(=O)ON.[K]. The minimum absolute atomic E-state index is 0. The Morgan fingerprint density at radius 3 is 2.00 bits per heavy atom. The molecule has 0 saturated carbocycles. The Bertz CT molecular complexity index is 120. The molecule has 0 aliphatic heterocycles. The van der Waals surface area contributed by atoms with Crippen molar-refractivity contribution in [2.75, 3.05) is 5.75 Å². The number of hydrogen-bond acceptors (Lipinski definition) is 4. The summed E-state index contributed by atoms with van der Waals surface area (Å²) in [5.74, 6) is 4.25. The third-order valence-corrected chi connectivity index (χ3v) is 1.50. The third-order valence-electron chi connectivity index (χ3n) is 0.500. The fraction of sp³-hybridized carbons (Fsp3) is 1.00. The third kappa shape index (κ3) is 5.64. The predicted molar refractivity (Wildman–Crippen MR) is 30.5 cm³/mol. The van der Waals surface area contributed by atoms with Gasteiger partial charge in [0.05, 0.1) is 5.75 Å². The molecule has 0 aromatic carbocycles. The Morgan fingerprint density at radius 2 is 2.00 bits per heavy atom. The van der Waals surface area contributed by atoms with E-state index in [4.69, 9.17) is 0 Å². The first-order valence-corrected chi connectivity index (χ1v) is 3.31. The first-order valence-electron chi connectivity index (χ1n) is 1.73. The molecule has 4 nitrogen and oxygen atoms in total. The van der Waals surface area contributed by atoms with Crippen LogP contribution < -0.4 is 5.90 Å². The van der Waals surface area contributed by atoms with Crippen molar-refractivity contribution in [2.24, 2.45) is 5.90 Å². The van der Waals surface area contributed by atoms with Crippen LogP contribution in [0, 0.1) is 0 Å². The molecule has 0 aliphatic carbocycles. The molecule has 0 spiro atoms. The fourth-order valence-electron chi connectivity index (χ4n) is 0.0680. The van der Waals surface area contributed by atoms with Gasteiger partial charge in [0.25, 0.3) is 10.1 Å². The smallest absolute Gasteiger partial charge is 0.198 e. The van der Waals surface area contributed by atoms with E-state index in [9.17, 15) is 8.42 Å². The van der Waals surface area contributed by atoms with Gasteiger partial charge in [-0.1, -0.05) is 0 Å². The van der Waals surface area contributed by atoms with Crippen molar-refractivity contribution in [1.29, 1.82) is 0 Å². The van der Waals surface area contributed by atoms with E-state index in [0.717, 1.165) is 0 Å². The molecule has 0 aliphatic rings. The van der Waals surface area contributed by atoms with Gasteiger partial charge in [0, 0.05) is 51.4 Å². The van der Waals surface area contributed by atoms with Gasteiger partial charge in [-0.2, -0.15) is 18.6 Å². The summed E-state index contributed by atoms with van der Waals surface area (Å²) in [6, 6.07) is 0. The van der Waals surface area contributed by atoms with E-state index in [1.807, 2.05) is 0 Å². The second-order valence-electron chi connectivity index (χ2n) is 0.943. The largest absolute Gasteiger partial charge is 0.282 e. The molecule has 0 unspecified atom stereocenters. The molecule has 0 amide bonds. The maximum absolute atomic E-state index is 10.0. The van der Waals surface area contributed by atoms with Gasteiger partial charge in [-0.05, 0) is 6.92 Å². The molecule has 1 radical (unpaired) electrons. The second kappa shape index (κ2) is 5.30. The predicted octanol–water partition coefficient (Wildman–Crippen LogP) is -1.15. The zero-order valence-corrected chi connectivity index (χ0v) is 8.86. The molecule has 6 heteroatoms. The summed E-state index contributed by atoms with van der Waals surface area (Å²) in [4.78, 5) is 0. The Balaban J connectivity index is 0. The summed E-state index contributed by atoms with van der Waals surface area (Å²) >= 11 is 0. The molecule has 0 aromatic rings. The van der Waals surface area contributed by atoms with Gasteiger partial charge in [-0.15, -0.1) is 0 Å². The van der Waals surface area contributed by atoms with Crippen molar-refractivity contribution in [1.82, 2.24) is 0 Å². The van der Waals surface area contributed by atoms with Gasteiger partial charge in [0.1, 0.15) is 0 Å². The summed E-state index contributed by atoms with van der Waals surface area (Å²) < 4.78 is 23.6. The van der Waals surface area contributed by atoms with Crippen molar-refractivity contribution in [3.8, 4) is 0 Å². The minimum Gasteiger partial charge on any atom is -0.198 e. The van der Waals surface area contributed by atoms with E-state index in [-0.39, 0.29) is 57.1 Å². The summed E-state index contributed by atoms with van der Waals surface area (Å²) in [5.41, 5.74) is 0. The molecule has 45 valence electrons. The molecule has 0 atom stereocenters. The average Bonchev–Trinajstić information content (AvgIpc) is 1.68. The van der Waals surface area contributed by atoms with Gasteiger partial charge in [-0.25, -0.2) is 0 Å². The zero-order valence-electron chi connectivity index (χ0n) is 4.92. The maximum atomic E-state index is 10.0. The van der Waals surface area contributed by atoms with Gasteiger partial charge in [-0.3, -0.25) is 0 Å². The van der Waals surface area contributed by atoms with Crippen molar-refractivity contribution in [3.63, 3.8) is 0 Å². The van der Waals surface area contributed by atoms with Crippen molar-refractivity contribution in [3.05, 3.63) is 0 Å². The Kier molecular flexibility index (Phi) is 8.09.